The number of pyridine rings is 1. The van der Waals surface area contributed by atoms with E-state index in [4.69, 9.17) is 4.74 Å². The molecule has 0 atom stereocenters. The van der Waals surface area contributed by atoms with Gasteiger partial charge in [-0.25, -0.2) is 4.98 Å². The summed E-state index contributed by atoms with van der Waals surface area (Å²) in [5, 5.41) is 4.08. The molecule has 7 nitrogen and oxygen atoms in total. The van der Waals surface area contributed by atoms with Crippen molar-refractivity contribution in [1.82, 2.24) is 19.6 Å². The smallest absolute Gasteiger partial charge is 0.258 e. The van der Waals surface area contributed by atoms with Crippen molar-refractivity contribution < 1.29 is 14.3 Å². The van der Waals surface area contributed by atoms with Crippen LogP contribution < -0.4 is 10.1 Å². The van der Waals surface area contributed by atoms with E-state index < -0.39 is 0 Å². The number of halogens is 1. The Morgan fingerprint density at radius 3 is 2.74 bits per heavy atom. The van der Waals surface area contributed by atoms with Crippen LogP contribution in [0.25, 0.3) is 11.7 Å². The van der Waals surface area contributed by atoms with Gasteiger partial charge < -0.3 is 15.0 Å². The van der Waals surface area contributed by atoms with Crippen LogP contribution in [-0.2, 0) is 4.79 Å². The second-order valence-corrected chi connectivity index (χ2v) is 9.75. The highest BCUT2D eigenvalue weighted by atomic mass is 35.5. The molecule has 2 aromatic heterocycles. The third-order valence-corrected chi connectivity index (χ3v) is 7.60. The van der Waals surface area contributed by atoms with Gasteiger partial charge in [0.1, 0.15) is 11.4 Å². The summed E-state index contributed by atoms with van der Waals surface area (Å²) < 4.78 is 7.40. The molecule has 2 aliphatic heterocycles. The third-order valence-electron chi connectivity index (χ3n) is 6.55. The molecule has 5 rings (SSSR count). The number of amides is 2. The topological polar surface area (TPSA) is 75.9 Å². The number of methoxy groups -OCH3 is 1. The van der Waals surface area contributed by atoms with Crippen LogP contribution in [0.15, 0.2) is 58.6 Å². The molecule has 1 aromatic carbocycles. The van der Waals surface area contributed by atoms with Crippen LogP contribution in [0.3, 0.4) is 0 Å². The van der Waals surface area contributed by atoms with Gasteiger partial charge in [-0.2, -0.15) is 0 Å². The number of likely N-dealkylation sites (tertiary alicyclic amines) is 1. The van der Waals surface area contributed by atoms with Crippen molar-refractivity contribution >= 4 is 47.7 Å². The van der Waals surface area contributed by atoms with Crippen LogP contribution in [-0.4, -0.2) is 52.8 Å². The van der Waals surface area contributed by atoms with Crippen LogP contribution >= 0.6 is 24.2 Å². The van der Waals surface area contributed by atoms with Crippen LogP contribution in [0.2, 0.25) is 0 Å². The van der Waals surface area contributed by atoms with E-state index in [-0.39, 0.29) is 24.2 Å². The van der Waals surface area contributed by atoms with Gasteiger partial charge in [0, 0.05) is 19.6 Å². The number of rotatable bonds is 7. The number of benzene rings is 1. The summed E-state index contributed by atoms with van der Waals surface area (Å²) in [5.41, 5.74) is 2.45. The average Bonchev–Trinajstić information content (AvgIpc) is 3.31. The summed E-state index contributed by atoms with van der Waals surface area (Å²) in [7, 11) is 1.59. The van der Waals surface area contributed by atoms with E-state index in [9.17, 15) is 9.59 Å². The maximum Gasteiger partial charge on any atom is 0.258 e. The lowest BCUT2D eigenvalue weighted by molar-refractivity contribution is -0.116. The molecular formula is C26H29ClN4O3S. The van der Waals surface area contributed by atoms with Crippen LogP contribution in [0, 0.1) is 5.92 Å². The number of carbonyl (C=O) groups excluding carboxylic acids is 2. The maximum atomic E-state index is 12.9. The number of hydrogen-bond donors (Lipinski definition) is 1. The van der Waals surface area contributed by atoms with Gasteiger partial charge >= 0.3 is 0 Å². The van der Waals surface area contributed by atoms with Gasteiger partial charge in [0.2, 0.25) is 0 Å². The fourth-order valence-electron chi connectivity index (χ4n) is 4.69. The lowest BCUT2D eigenvalue weighted by atomic mass is 9.92. The van der Waals surface area contributed by atoms with Crippen molar-refractivity contribution in [2.75, 3.05) is 26.7 Å². The lowest BCUT2D eigenvalue weighted by Crippen LogP contribution is -2.38. The number of ether oxygens (including phenoxy) is 1. The van der Waals surface area contributed by atoms with Crippen molar-refractivity contribution in [3.8, 4) is 5.75 Å². The van der Waals surface area contributed by atoms with Crippen LogP contribution in [0.4, 0.5) is 0 Å². The molecule has 0 unspecified atom stereocenters. The zero-order chi connectivity index (χ0) is 23.5. The first-order valence-electron chi connectivity index (χ1n) is 11.7. The van der Waals surface area contributed by atoms with E-state index >= 15 is 0 Å². The van der Waals surface area contributed by atoms with E-state index in [1.54, 1.807) is 13.3 Å². The molecule has 3 aromatic rings. The fourth-order valence-corrected chi connectivity index (χ4v) is 5.70. The van der Waals surface area contributed by atoms with Crippen molar-refractivity contribution in [3.63, 3.8) is 0 Å². The van der Waals surface area contributed by atoms with Gasteiger partial charge in [0.05, 0.1) is 34.5 Å². The van der Waals surface area contributed by atoms with E-state index in [2.05, 4.69) is 14.7 Å². The highest BCUT2D eigenvalue weighted by molar-refractivity contribution is 8.04. The summed E-state index contributed by atoms with van der Waals surface area (Å²) in [6.07, 6.45) is 7.67. The quantitative estimate of drug-likeness (QED) is 0.466. The van der Waals surface area contributed by atoms with E-state index in [0.717, 1.165) is 55.1 Å². The fraction of sp³-hybridized carbons (Fsp3) is 0.346. The number of carbonyl (C=O) groups is 2. The second kappa shape index (κ2) is 11.2. The molecule has 1 fully saturated rings. The standard InChI is InChI=1S/C26H28N4O3S.ClH/c1-33-21-8-3-2-7-20(21)26(32)29-14-11-18(12-15-29)6-5-13-27-25(31)22-16-19-17-28-23-9-4-10-24(34-22)30(19)23;/h2-4,7-10,16-18H,5-6,11-15H2,1H3,(H,27,31);1H. The number of imidazole rings is 1. The molecule has 1 N–H and O–H groups in total. The first-order valence-corrected chi connectivity index (χ1v) is 12.5. The molecule has 184 valence electrons. The Labute approximate surface area is 215 Å². The molecule has 1 saturated heterocycles. The number of nitrogens with one attached hydrogen (secondary N) is 1. The Bertz CT molecular complexity index is 1250. The Morgan fingerprint density at radius 2 is 1.94 bits per heavy atom. The number of aromatic nitrogens is 2. The highest BCUT2D eigenvalue weighted by Crippen LogP contribution is 2.34. The molecule has 0 radical (unpaired) electrons. The number of nitrogens with zero attached hydrogens (tertiary/aromatic N) is 3. The maximum absolute atomic E-state index is 12.9. The van der Waals surface area contributed by atoms with Gasteiger partial charge in [-0.15, -0.1) is 12.4 Å². The molecule has 2 amide bonds. The molecular weight excluding hydrogens is 484 g/mol. The van der Waals surface area contributed by atoms with E-state index in [0.29, 0.717) is 28.7 Å². The third kappa shape index (κ3) is 5.33. The van der Waals surface area contributed by atoms with Gasteiger partial charge in [0.15, 0.2) is 0 Å². The van der Waals surface area contributed by atoms with Crippen molar-refractivity contribution in [1.29, 1.82) is 0 Å². The summed E-state index contributed by atoms with van der Waals surface area (Å²) >= 11 is 1.48. The van der Waals surface area contributed by atoms with Crippen LogP contribution in [0.1, 0.15) is 41.7 Å². The first-order chi connectivity index (χ1) is 16.6. The summed E-state index contributed by atoms with van der Waals surface area (Å²) in [6.45, 7) is 2.17. The first kappa shape index (κ1) is 25.1. The number of piperidine rings is 1. The van der Waals surface area contributed by atoms with Gasteiger partial charge in [-0.3, -0.25) is 14.0 Å². The monoisotopic (exact) mass is 512 g/mol. The minimum absolute atomic E-state index is 0. The predicted molar refractivity (Wildman–Crippen MR) is 140 cm³/mol. The SMILES string of the molecule is COc1ccccc1C(=O)N1CCC(CCCNC(=O)C2=Cc3cnc4cccc(n34)S2)CC1.Cl. The van der Waals surface area contributed by atoms with Crippen molar-refractivity contribution in [3.05, 3.63) is 64.8 Å². The zero-order valence-electron chi connectivity index (χ0n) is 19.6. The van der Waals surface area contributed by atoms with E-state index in [1.165, 1.54) is 11.8 Å². The summed E-state index contributed by atoms with van der Waals surface area (Å²) in [5.74, 6) is 1.21. The minimum atomic E-state index is -0.0355. The molecule has 0 saturated carbocycles. The Balaban J connectivity index is 0.00000289. The number of para-hydroxylation sites is 1. The summed E-state index contributed by atoms with van der Waals surface area (Å²) in [6, 6.07) is 13.3. The van der Waals surface area contributed by atoms with E-state index in [1.807, 2.05) is 53.4 Å². The minimum Gasteiger partial charge on any atom is -0.496 e. The largest absolute Gasteiger partial charge is 0.496 e. The average molecular weight is 513 g/mol. The molecule has 35 heavy (non-hydrogen) atoms. The Hall–Kier alpha value is -2.97. The zero-order valence-corrected chi connectivity index (χ0v) is 21.2. The lowest BCUT2D eigenvalue weighted by Gasteiger charge is -2.32. The molecule has 0 bridgehead atoms. The molecule has 0 aliphatic carbocycles. The highest BCUT2D eigenvalue weighted by Gasteiger charge is 2.25. The van der Waals surface area contributed by atoms with Crippen molar-refractivity contribution in [2.45, 2.75) is 30.7 Å². The predicted octanol–water partition coefficient (Wildman–Crippen LogP) is 4.66. The van der Waals surface area contributed by atoms with Crippen molar-refractivity contribution in [2.24, 2.45) is 5.92 Å². The summed E-state index contributed by atoms with van der Waals surface area (Å²) in [4.78, 5) is 32.6. The van der Waals surface area contributed by atoms with Crippen LogP contribution in [0.5, 0.6) is 5.75 Å². The van der Waals surface area contributed by atoms with Gasteiger partial charge in [0.25, 0.3) is 11.8 Å². The molecule has 2 aliphatic rings. The van der Waals surface area contributed by atoms with Gasteiger partial charge in [-0.1, -0.05) is 30.0 Å². The Morgan fingerprint density at radius 1 is 1.14 bits per heavy atom. The molecule has 4 heterocycles. The normalized spacial score (nSPS) is 15.3. The molecule has 0 spiro atoms. The van der Waals surface area contributed by atoms with Gasteiger partial charge in [-0.05, 0) is 61.9 Å². The molecule has 9 heteroatoms. The Kier molecular flexibility index (Phi) is 8.03. The second-order valence-electron chi connectivity index (χ2n) is 8.69. The number of thioether (sulfide) groups is 1. The number of hydrogen-bond acceptors (Lipinski definition) is 5.